The molecule has 0 saturated heterocycles. The van der Waals surface area contributed by atoms with Crippen LogP contribution in [0.4, 0.5) is 11.6 Å². The molecule has 0 spiro atoms. The summed E-state index contributed by atoms with van der Waals surface area (Å²) in [6, 6.07) is 0. The van der Waals surface area contributed by atoms with Crippen LogP contribution >= 0.6 is 23.1 Å². The zero-order chi connectivity index (χ0) is 8.23. The van der Waals surface area contributed by atoms with Gasteiger partial charge in [0.15, 0.2) is 0 Å². The van der Waals surface area contributed by atoms with Crippen LogP contribution in [0.1, 0.15) is 0 Å². The minimum atomic E-state index is 0.494. The predicted molar refractivity (Wildman–Crippen MR) is 44.0 cm³/mol. The highest BCUT2D eigenvalue weighted by atomic mass is 32.1. The first kappa shape index (κ1) is 7.37. The van der Waals surface area contributed by atoms with Crippen LogP contribution in [-0.4, -0.2) is 19.2 Å². The first-order chi connectivity index (χ1) is 5.95. The Morgan fingerprint density at radius 1 is 0.917 bits per heavy atom. The van der Waals surface area contributed by atoms with Gasteiger partial charge in [0, 0.05) is 0 Å². The zero-order valence-corrected chi connectivity index (χ0v) is 7.29. The lowest BCUT2D eigenvalue weighted by Crippen LogP contribution is -1.64. The lowest BCUT2D eigenvalue weighted by Gasteiger charge is -1.77. The second kappa shape index (κ2) is 3.41. The summed E-state index contributed by atoms with van der Waals surface area (Å²) in [5, 5.41) is 18.3. The van der Waals surface area contributed by atoms with Crippen LogP contribution in [0.25, 0.3) is 0 Å². The Morgan fingerprint density at radius 3 is 1.75 bits per heavy atom. The van der Waals surface area contributed by atoms with Crippen LogP contribution in [0.5, 0.6) is 0 Å². The van der Waals surface area contributed by atoms with E-state index in [9.17, 15) is 0 Å². The summed E-state index contributed by atoms with van der Waals surface area (Å²) >= 11 is 2.46. The van der Waals surface area contributed by atoms with Gasteiger partial charge in [-0.1, -0.05) is 8.98 Å². The van der Waals surface area contributed by atoms with E-state index in [1.807, 2.05) is 0 Å². The molecule has 0 fully saturated rings. The minimum Gasteiger partial charge on any atom is -0.125 e. The maximum atomic E-state index is 3.77. The van der Waals surface area contributed by atoms with E-state index in [4.69, 9.17) is 0 Å². The molecule has 0 saturated carbocycles. The fourth-order valence-electron chi connectivity index (χ4n) is 0.509. The summed E-state index contributed by atoms with van der Waals surface area (Å²) < 4.78 is 7.25. The van der Waals surface area contributed by atoms with Crippen molar-refractivity contribution in [2.24, 2.45) is 10.2 Å². The van der Waals surface area contributed by atoms with Crippen LogP contribution in [0, 0.1) is 0 Å². The molecule has 2 aromatic heterocycles. The van der Waals surface area contributed by atoms with E-state index in [0.29, 0.717) is 11.6 Å². The number of nitrogens with zero attached hydrogens (tertiary/aromatic N) is 6. The fraction of sp³-hybridized carbons (Fsp3) is 0. The van der Waals surface area contributed by atoms with Crippen LogP contribution < -0.4 is 0 Å². The van der Waals surface area contributed by atoms with Crippen molar-refractivity contribution in [1.29, 1.82) is 0 Å². The van der Waals surface area contributed by atoms with Gasteiger partial charge in [-0.05, 0) is 23.1 Å². The molecule has 0 N–H and O–H groups in total. The highest BCUT2D eigenvalue weighted by Gasteiger charge is 1.93. The number of rotatable bonds is 2. The fourth-order valence-corrected chi connectivity index (χ4v) is 1.24. The van der Waals surface area contributed by atoms with Gasteiger partial charge in [-0.25, -0.2) is 0 Å². The van der Waals surface area contributed by atoms with Crippen LogP contribution in [0.2, 0.25) is 0 Å². The van der Waals surface area contributed by atoms with Crippen molar-refractivity contribution in [3.8, 4) is 0 Å². The van der Waals surface area contributed by atoms with Crippen LogP contribution in [-0.2, 0) is 0 Å². The van der Waals surface area contributed by atoms with Crippen molar-refractivity contribution >= 4 is 34.7 Å². The molecule has 0 radical (unpaired) electrons. The topological polar surface area (TPSA) is 76.3 Å². The molecule has 60 valence electrons. The lowest BCUT2D eigenvalue weighted by molar-refractivity contribution is 1.05. The molecule has 0 bridgehead atoms. The molecule has 0 amide bonds. The first-order valence-electron chi connectivity index (χ1n) is 2.91. The van der Waals surface area contributed by atoms with Crippen molar-refractivity contribution in [1.82, 2.24) is 19.2 Å². The summed E-state index contributed by atoms with van der Waals surface area (Å²) in [5.41, 5.74) is 0. The van der Waals surface area contributed by atoms with Gasteiger partial charge in [0.1, 0.15) is 0 Å². The van der Waals surface area contributed by atoms with Crippen molar-refractivity contribution in [3.63, 3.8) is 0 Å². The molecule has 2 aromatic rings. The summed E-state index contributed by atoms with van der Waals surface area (Å²) in [4.78, 5) is 0. The maximum Gasteiger partial charge on any atom is 0.208 e. The van der Waals surface area contributed by atoms with Gasteiger partial charge in [0.05, 0.1) is 10.8 Å². The van der Waals surface area contributed by atoms with Gasteiger partial charge in [-0.15, -0.1) is 20.4 Å². The standard InChI is InChI=1S/C4H2N6S2/c1-3(7-9-11-1)5-6-4-2-12-10-8-4/h1-2H. The second-order valence-corrected chi connectivity index (χ2v) is 2.95. The molecule has 8 heteroatoms. The molecule has 6 nitrogen and oxygen atoms in total. The monoisotopic (exact) mass is 198 g/mol. The van der Waals surface area contributed by atoms with Gasteiger partial charge >= 0.3 is 0 Å². The quantitative estimate of drug-likeness (QED) is 0.689. The van der Waals surface area contributed by atoms with Gasteiger partial charge in [0.25, 0.3) is 0 Å². The van der Waals surface area contributed by atoms with Gasteiger partial charge < -0.3 is 0 Å². The second-order valence-electron chi connectivity index (χ2n) is 1.73. The lowest BCUT2D eigenvalue weighted by atomic mass is 10.8. The van der Waals surface area contributed by atoms with Gasteiger partial charge in [0.2, 0.25) is 11.6 Å². The van der Waals surface area contributed by atoms with Crippen LogP contribution in [0.15, 0.2) is 21.0 Å². The van der Waals surface area contributed by atoms with Crippen molar-refractivity contribution in [3.05, 3.63) is 10.8 Å². The summed E-state index contributed by atoms with van der Waals surface area (Å²) in [6.07, 6.45) is 0. The third-order valence-corrected chi connectivity index (χ3v) is 1.94. The molecule has 2 heterocycles. The number of hydrogen-bond acceptors (Lipinski definition) is 8. The Hall–Kier alpha value is -1.28. The first-order valence-corrected chi connectivity index (χ1v) is 4.58. The summed E-state index contributed by atoms with van der Waals surface area (Å²) in [5.74, 6) is 0.987. The van der Waals surface area contributed by atoms with Crippen molar-refractivity contribution < 1.29 is 0 Å². The summed E-state index contributed by atoms with van der Waals surface area (Å²) in [6.45, 7) is 0. The average Bonchev–Trinajstić information content (AvgIpc) is 2.74. The Balaban J connectivity index is 2.14. The van der Waals surface area contributed by atoms with E-state index >= 15 is 0 Å². The van der Waals surface area contributed by atoms with E-state index in [1.54, 1.807) is 10.8 Å². The van der Waals surface area contributed by atoms with E-state index < -0.39 is 0 Å². The Morgan fingerprint density at radius 2 is 1.42 bits per heavy atom. The Kier molecular flexibility index (Phi) is 2.10. The number of azo groups is 1. The smallest absolute Gasteiger partial charge is 0.125 e. The molecule has 0 aliphatic heterocycles. The summed E-state index contributed by atoms with van der Waals surface area (Å²) in [7, 11) is 0. The van der Waals surface area contributed by atoms with Crippen LogP contribution in [0.3, 0.4) is 0 Å². The highest BCUT2D eigenvalue weighted by Crippen LogP contribution is 2.14. The highest BCUT2D eigenvalue weighted by molar-refractivity contribution is 7.03. The van der Waals surface area contributed by atoms with Gasteiger partial charge in [-0.3, -0.25) is 0 Å². The van der Waals surface area contributed by atoms with Crippen molar-refractivity contribution in [2.45, 2.75) is 0 Å². The molecular formula is C4H2N6S2. The van der Waals surface area contributed by atoms with E-state index in [0.717, 1.165) is 0 Å². The number of aromatic nitrogens is 4. The third kappa shape index (κ3) is 1.66. The largest absolute Gasteiger partial charge is 0.208 e. The SMILES string of the molecule is c1snnc1N=Nc1csnn1. The molecule has 2 rings (SSSR count). The average molecular weight is 198 g/mol. The Bertz CT molecular complexity index is 315. The molecule has 0 aromatic carbocycles. The Labute approximate surface area is 75.3 Å². The molecule has 0 atom stereocenters. The zero-order valence-electron chi connectivity index (χ0n) is 5.65. The predicted octanol–water partition coefficient (Wildman–Crippen LogP) is 1.80. The van der Waals surface area contributed by atoms with E-state index in [1.165, 1.54) is 23.1 Å². The molecule has 0 aliphatic carbocycles. The van der Waals surface area contributed by atoms with Crippen molar-refractivity contribution in [2.75, 3.05) is 0 Å². The van der Waals surface area contributed by atoms with E-state index in [-0.39, 0.29) is 0 Å². The molecular weight excluding hydrogens is 196 g/mol. The normalized spacial score (nSPS) is 11.0. The molecule has 0 aliphatic rings. The number of hydrogen-bond donors (Lipinski definition) is 0. The maximum absolute atomic E-state index is 3.77. The van der Waals surface area contributed by atoms with E-state index in [2.05, 4.69) is 29.4 Å². The minimum absolute atomic E-state index is 0.494. The molecule has 12 heavy (non-hydrogen) atoms. The third-order valence-electron chi connectivity index (χ3n) is 0.952. The van der Waals surface area contributed by atoms with Gasteiger partial charge in [-0.2, -0.15) is 0 Å². The molecule has 0 unspecified atom stereocenters.